The number of carbonyl (C=O) groups excluding carboxylic acids is 2. The highest BCUT2D eigenvalue weighted by Crippen LogP contribution is 2.33. The highest BCUT2D eigenvalue weighted by molar-refractivity contribution is 8.00. The van der Waals surface area contributed by atoms with Crippen LogP contribution in [0.2, 0.25) is 0 Å². The minimum atomic E-state index is -0.557. The van der Waals surface area contributed by atoms with Crippen LogP contribution >= 0.6 is 11.8 Å². The lowest BCUT2D eigenvalue weighted by molar-refractivity contribution is -0.118. The monoisotopic (exact) mass is 238 g/mol. The number of aliphatic hydroxyl groups excluding tert-OH is 1. The van der Waals surface area contributed by atoms with Crippen molar-refractivity contribution in [2.75, 3.05) is 23.0 Å². The van der Waals surface area contributed by atoms with Gasteiger partial charge in [-0.3, -0.25) is 9.59 Å². The molecule has 0 aromatic heterocycles. The van der Waals surface area contributed by atoms with Crippen LogP contribution in [0.4, 0.5) is 11.4 Å². The summed E-state index contributed by atoms with van der Waals surface area (Å²) in [5.74, 6) is -0.118. The van der Waals surface area contributed by atoms with Crippen molar-refractivity contribution >= 4 is 35.0 Å². The predicted octanol–water partition coefficient (Wildman–Crippen LogP) is 0.662. The zero-order valence-electron chi connectivity index (χ0n) is 8.32. The van der Waals surface area contributed by atoms with E-state index in [1.54, 1.807) is 12.1 Å². The largest absolute Gasteiger partial charge is 0.387 e. The maximum absolute atomic E-state index is 11.2. The molecule has 0 radical (unpaired) electrons. The summed E-state index contributed by atoms with van der Waals surface area (Å²) in [6, 6.07) is 5.23. The fraction of sp³-hybridized carbons (Fsp3) is 0.200. The van der Waals surface area contributed by atoms with Crippen LogP contribution in [-0.4, -0.2) is 29.3 Å². The minimum absolute atomic E-state index is 0.0527. The van der Waals surface area contributed by atoms with Crippen molar-refractivity contribution in [2.45, 2.75) is 4.90 Å². The fourth-order valence-corrected chi connectivity index (χ4v) is 2.15. The molecule has 0 bridgehead atoms. The van der Waals surface area contributed by atoms with Gasteiger partial charge in [0.25, 0.3) is 0 Å². The Hall–Kier alpha value is -1.53. The van der Waals surface area contributed by atoms with E-state index < -0.39 is 12.5 Å². The molecule has 0 spiro atoms. The van der Waals surface area contributed by atoms with Crippen LogP contribution in [0.15, 0.2) is 23.1 Å². The smallest absolute Gasteiger partial charge is 0.250 e. The van der Waals surface area contributed by atoms with E-state index in [-0.39, 0.29) is 5.91 Å². The van der Waals surface area contributed by atoms with Crippen LogP contribution < -0.4 is 10.6 Å². The summed E-state index contributed by atoms with van der Waals surface area (Å²) in [6.07, 6.45) is 0. The number of fused-ring (bicyclic) bond motifs is 1. The Morgan fingerprint density at radius 2 is 2.38 bits per heavy atom. The quantitative estimate of drug-likeness (QED) is 0.707. The molecule has 3 N–H and O–H groups in total. The maximum Gasteiger partial charge on any atom is 0.250 e. The second-order valence-electron chi connectivity index (χ2n) is 3.25. The number of carbonyl (C=O) groups is 2. The third kappa shape index (κ3) is 2.34. The van der Waals surface area contributed by atoms with E-state index in [4.69, 9.17) is 5.11 Å². The van der Waals surface area contributed by atoms with Crippen molar-refractivity contribution in [2.24, 2.45) is 0 Å². The van der Waals surface area contributed by atoms with E-state index in [0.29, 0.717) is 17.1 Å². The number of anilines is 2. The molecule has 1 aromatic rings. The summed E-state index contributed by atoms with van der Waals surface area (Å²) in [6.45, 7) is -0.557. The Balaban J connectivity index is 2.21. The Morgan fingerprint density at radius 3 is 3.12 bits per heavy atom. The molecule has 0 saturated carbocycles. The molecule has 1 aromatic carbocycles. The second-order valence-corrected chi connectivity index (χ2v) is 4.27. The molecular weight excluding hydrogens is 228 g/mol. The molecule has 2 amide bonds. The standard InChI is InChI=1S/C10H10N2O3S/c13-4-9(14)11-6-1-2-8-7(3-6)12-10(15)5-16-8/h1-3,13H,4-5H2,(H,11,14)(H,12,15). The average Bonchev–Trinajstić information content (AvgIpc) is 2.28. The van der Waals surface area contributed by atoms with Gasteiger partial charge in [0.05, 0.1) is 11.4 Å². The van der Waals surface area contributed by atoms with Crippen molar-refractivity contribution in [1.82, 2.24) is 0 Å². The SMILES string of the molecule is O=C(CO)Nc1ccc2c(c1)NC(=O)CS2. The van der Waals surface area contributed by atoms with Crippen molar-refractivity contribution in [1.29, 1.82) is 0 Å². The third-order valence-corrected chi connectivity index (χ3v) is 3.11. The van der Waals surface area contributed by atoms with E-state index in [1.165, 1.54) is 11.8 Å². The number of thioether (sulfide) groups is 1. The van der Waals surface area contributed by atoms with Crippen molar-refractivity contribution in [3.8, 4) is 0 Å². The lowest BCUT2D eigenvalue weighted by Gasteiger charge is -2.17. The summed E-state index contributed by atoms with van der Waals surface area (Å²) in [4.78, 5) is 23.1. The zero-order valence-corrected chi connectivity index (χ0v) is 9.13. The van der Waals surface area contributed by atoms with Gasteiger partial charge in [-0.2, -0.15) is 0 Å². The Morgan fingerprint density at radius 1 is 1.56 bits per heavy atom. The molecule has 0 aliphatic carbocycles. The van der Waals surface area contributed by atoms with Crippen LogP contribution in [0.1, 0.15) is 0 Å². The van der Waals surface area contributed by atoms with Crippen LogP contribution in [0.3, 0.4) is 0 Å². The van der Waals surface area contributed by atoms with E-state index in [1.807, 2.05) is 6.07 Å². The molecule has 84 valence electrons. The molecule has 1 aliphatic heterocycles. The summed E-state index contributed by atoms with van der Waals surface area (Å²) < 4.78 is 0. The van der Waals surface area contributed by atoms with Crippen molar-refractivity contribution in [3.05, 3.63) is 18.2 Å². The first-order valence-corrected chi connectivity index (χ1v) is 5.65. The Bertz CT molecular complexity index is 448. The number of rotatable bonds is 2. The van der Waals surface area contributed by atoms with Crippen molar-refractivity contribution < 1.29 is 14.7 Å². The van der Waals surface area contributed by atoms with Crippen LogP contribution in [0.25, 0.3) is 0 Å². The fourth-order valence-electron chi connectivity index (χ4n) is 1.36. The van der Waals surface area contributed by atoms with E-state index >= 15 is 0 Å². The maximum atomic E-state index is 11.2. The van der Waals surface area contributed by atoms with Crippen LogP contribution in [0, 0.1) is 0 Å². The van der Waals surface area contributed by atoms with Gasteiger partial charge in [-0.15, -0.1) is 11.8 Å². The first-order chi connectivity index (χ1) is 7.69. The first kappa shape index (κ1) is 11.0. The van der Waals surface area contributed by atoms with Gasteiger partial charge in [0.2, 0.25) is 11.8 Å². The lowest BCUT2D eigenvalue weighted by atomic mass is 10.2. The number of hydrogen-bond acceptors (Lipinski definition) is 4. The first-order valence-electron chi connectivity index (χ1n) is 4.66. The van der Waals surface area contributed by atoms with Crippen molar-refractivity contribution in [3.63, 3.8) is 0 Å². The predicted molar refractivity (Wildman–Crippen MR) is 61.5 cm³/mol. The van der Waals surface area contributed by atoms with Gasteiger partial charge in [-0.1, -0.05) is 0 Å². The summed E-state index contributed by atoms with van der Waals surface area (Å²) >= 11 is 1.46. The van der Waals surface area contributed by atoms with E-state index in [2.05, 4.69) is 10.6 Å². The molecule has 0 unspecified atom stereocenters. The van der Waals surface area contributed by atoms with Gasteiger partial charge in [0.15, 0.2) is 0 Å². The molecule has 2 rings (SSSR count). The van der Waals surface area contributed by atoms with Crippen LogP contribution in [0.5, 0.6) is 0 Å². The van der Waals surface area contributed by atoms with Gasteiger partial charge < -0.3 is 15.7 Å². The molecule has 0 saturated heterocycles. The molecular formula is C10H10N2O3S. The summed E-state index contributed by atoms with van der Waals surface area (Å²) in [7, 11) is 0. The Labute approximate surface area is 96.2 Å². The normalized spacial score (nSPS) is 13.9. The third-order valence-electron chi connectivity index (χ3n) is 2.04. The number of aliphatic hydroxyl groups is 1. The van der Waals surface area contributed by atoms with Gasteiger partial charge in [-0.05, 0) is 18.2 Å². The summed E-state index contributed by atoms with van der Waals surface area (Å²) in [5, 5.41) is 13.8. The zero-order chi connectivity index (χ0) is 11.5. The summed E-state index contributed by atoms with van der Waals surface area (Å²) in [5.41, 5.74) is 1.25. The van der Waals surface area contributed by atoms with Gasteiger partial charge >= 0.3 is 0 Å². The molecule has 5 nitrogen and oxygen atoms in total. The number of nitrogens with one attached hydrogen (secondary N) is 2. The highest BCUT2D eigenvalue weighted by Gasteiger charge is 2.15. The van der Waals surface area contributed by atoms with Gasteiger partial charge in [0.1, 0.15) is 6.61 Å². The molecule has 6 heteroatoms. The highest BCUT2D eigenvalue weighted by atomic mass is 32.2. The van der Waals surface area contributed by atoms with E-state index in [0.717, 1.165) is 4.90 Å². The molecule has 0 fully saturated rings. The molecule has 16 heavy (non-hydrogen) atoms. The van der Waals surface area contributed by atoms with Crippen LogP contribution in [-0.2, 0) is 9.59 Å². The second kappa shape index (κ2) is 4.54. The Kier molecular flexibility index (Phi) is 3.12. The van der Waals surface area contributed by atoms with E-state index in [9.17, 15) is 9.59 Å². The number of amides is 2. The lowest BCUT2D eigenvalue weighted by Crippen LogP contribution is -2.19. The molecule has 1 aliphatic rings. The molecule has 0 atom stereocenters. The topological polar surface area (TPSA) is 78.4 Å². The average molecular weight is 238 g/mol. The minimum Gasteiger partial charge on any atom is -0.387 e. The number of benzene rings is 1. The van der Waals surface area contributed by atoms with Gasteiger partial charge in [-0.25, -0.2) is 0 Å². The molecule has 1 heterocycles. The van der Waals surface area contributed by atoms with Gasteiger partial charge in [0, 0.05) is 10.6 Å². The number of hydrogen-bond donors (Lipinski definition) is 3.